The molecular formula is C38H43N3O4S. The minimum Gasteiger partial charge on any atom is -0.480 e. The first-order valence-corrected chi connectivity index (χ1v) is 16.7. The first kappa shape index (κ1) is 33.2. The number of benzene rings is 2. The highest BCUT2D eigenvalue weighted by Crippen LogP contribution is 2.32. The van der Waals surface area contributed by atoms with Crippen molar-refractivity contribution in [1.29, 1.82) is 0 Å². The van der Waals surface area contributed by atoms with Gasteiger partial charge in [0, 0.05) is 47.3 Å². The number of aliphatic carboxylic acids is 1. The molecule has 1 aliphatic heterocycles. The number of hydrogen-bond acceptors (Lipinski definition) is 6. The van der Waals surface area contributed by atoms with Crippen molar-refractivity contribution in [1.82, 2.24) is 14.9 Å². The molecule has 1 amide bonds. The van der Waals surface area contributed by atoms with Crippen LogP contribution in [0.2, 0.25) is 0 Å². The van der Waals surface area contributed by atoms with Gasteiger partial charge in [0.15, 0.2) is 11.6 Å². The van der Waals surface area contributed by atoms with Gasteiger partial charge in [0.05, 0.1) is 4.88 Å². The molecule has 46 heavy (non-hydrogen) atoms. The molecule has 1 aliphatic rings. The van der Waals surface area contributed by atoms with Crippen LogP contribution < -0.4 is 0 Å². The molecule has 3 heterocycles. The quantitative estimate of drug-likeness (QED) is 0.187. The molecule has 0 aliphatic carbocycles. The van der Waals surface area contributed by atoms with E-state index in [9.17, 15) is 19.5 Å². The van der Waals surface area contributed by atoms with Gasteiger partial charge in [-0.15, -0.1) is 11.3 Å². The number of ketones is 1. The Hall–Kier alpha value is -4.17. The maximum Gasteiger partial charge on any atom is 0.326 e. The molecule has 2 aromatic carbocycles. The molecule has 0 bridgehead atoms. The van der Waals surface area contributed by atoms with E-state index in [1.807, 2.05) is 48.8 Å². The first-order chi connectivity index (χ1) is 21.7. The number of nitrogens with zero attached hydrogens (tertiary/aromatic N) is 3. The smallest absolute Gasteiger partial charge is 0.326 e. The maximum absolute atomic E-state index is 13.8. The standard InChI is InChI=1S/C38H43N3O4S/c1-37(2,3)29-15-13-25(14-16-29)28-22-39-34(40-23-28)26-11-9-24(10-12-26)20-27(35(43)41-19-7-8-30(41)36(44)45)21-31(42)32-17-18-33(46-32)38(4,5)6/h9-18,22-23,27,30H,7-8,19-21H2,1-6H3,(H,44,45)/t27-,30+/m1/s1. The van der Waals surface area contributed by atoms with Crippen LogP contribution in [-0.4, -0.2) is 50.2 Å². The summed E-state index contributed by atoms with van der Waals surface area (Å²) < 4.78 is 0. The van der Waals surface area contributed by atoms with Gasteiger partial charge in [-0.25, -0.2) is 14.8 Å². The van der Waals surface area contributed by atoms with E-state index in [4.69, 9.17) is 0 Å². The lowest BCUT2D eigenvalue weighted by atomic mass is 9.86. The van der Waals surface area contributed by atoms with Crippen molar-refractivity contribution in [2.45, 2.75) is 84.1 Å². The topological polar surface area (TPSA) is 100 Å². The number of Topliss-reactive ketones (excluding diaryl/α,β-unsaturated/α-hetero) is 1. The molecule has 0 saturated carbocycles. The molecule has 5 rings (SSSR count). The zero-order valence-electron chi connectivity index (χ0n) is 27.5. The molecule has 1 fully saturated rings. The molecule has 7 nitrogen and oxygen atoms in total. The summed E-state index contributed by atoms with van der Waals surface area (Å²) in [6.45, 7) is 13.3. The SMILES string of the molecule is CC(C)(C)c1ccc(-c2cnc(-c3ccc(C[C@H](CC(=O)c4ccc(C(C)(C)C)s4)C(=O)N4CCC[C@H]4C(=O)O)cc3)nc2)cc1. The molecule has 0 unspecified atom stereocenters. The summed E-state index contributed by atoms with van der Waals surface area (Å²) in [5.41, 5.74) is 5.00. The second kappa shape index (κ2) is 13.3. The average Bonchev–Trinajstić information content (AvgIpc) is 3.72. The van der Waals surface area contributed by atoms with Crippen molar-refractivity contribution in [3.05, 3.63) is 93.9 Å². The van der Waals surface area contributed by atoms with Crippen LogP contribution >= 0.6 is 11.3 Å². The molecular weight excluding hydrogens is 595 g/mol. The van der Waals surface area contributed by atoms with Gasteiger partial charge in [0.25, 0.3) is 0 Å². The van der Waals surface area contributed by atoms with Crippen molar-refractivity contribution in [2.24, 2.45) is 5.92 Å². The molecule has 8 heteroatoms. The van der Waals surface area contributed by atoms with Crippen molar-refractivity contribution in [3.63, 3.8) is 0 Å². The van der Waals surface area contributed by atoms with E-state index in [1.165, 1.54) is 21.8 Å². The molecule has 240 valence electrons. The Morgan fingerprint density at radius 1 is 0.848 bits per heavy atom. The Morgan fingerprint density at radius 2 is 1.48 bits per heavy atom. The fraction of sp³-hybridized carbons (Fsp3) is 0.395. The van der Waals surface area contributed by atoms with E-state index in [-0.39, 0.29) is 28.9 Å². The van der Waals surface area contributed by atoms with Crippen molar-refractivity contribution < 1.29 is 19.5 Å². The number of amides is 1. The van der Waals surface area contributed by atoms with E-state index < -0.39 is 17.9 Å². The summed E-state index contributed by atoms with van der Waals surface area (Å²) in [5, 5.41) is 9.73. The number of likely N-dealkylation sites (tertiary alicyclic amines) is 1. The maximum atomic E-state index is 13.8. The minimum absolute atomic E-state index is 0.0226. The number of carbonyl (C=O) groups is 3. The fourth-order valence-corrected chi connectivity index (χ4v) is 6.86. The van der Waals surface area contributed by atoms with E-state index in [0.29, 0.717) is 36.5 Å². The number of carboxylic acids is 1. The monoisotopic (exact) mass is 637 g/mol. The normalized spacial score (nSPS) is 16.0. The lowest BCUT2D eigenvalue weighted by Gasteiger charge is -2.26. The van der Waals surface area contributed by atoms with Gasteiger partial charge in [-0.2, -0.15) is 0 Å². The van der Waals surface area contributed by atoms with Crippen LogP contribution in [0, 0.1) is 5.92 Å². The predicted molar refractivity (Wildman–Crippen MR) is 183 cm³/mol. The van der Waals surface area contributed by atoms with E-state index in [2.05, 4.69) is 75.8 Å². The summed E-state index contributed by atoms with van der Waals surface area (Å²) in [6, 6.07) is 19.2. The molecule has 2 aromatic heterocycles. The molecule has 1 saturated heterocycles. The van der Waals surface area contributed by atoms with Crippen molar-refractivity contribution >= 4 is 29.0 Å². The highest BCUT2D eigenvalue weighted by molar-refractivity contribution is 7.14. The molecule has 4 aromatic rings. The predicted octanol–water partition coefficient (Wildman–Crippen LogP) is 7.97. The number of hydrogen-bond donors (Lipinski definition) is 1. The molecule has 0 spiro atoms. The Labute approximate surface area is 275 Å². The van der Waals surface area contributed by atoms with Crippen LogP contribution in [0.4, 0.5) is 0 Å². The van der Waals surface area contributed by atoms with Gasteiger partial charge in [-0.05, 0) is 58.9 Å². The van der Waals surface area contributed by atoms with Crippen LogP contribution in [0.1, 0.15) is 86.5 Å². The van der Waals surface area contributed by atoms with Crippen LogP contribution in [0.3, 0.4) is 0 Å². The Bertz CT molecular complexity index is 1700. The molecule has 2 atom stereocenters. The largest absolute Gasteiger partial charge is 0.480 e. The van der Waals surface area contributed by atoms with Crippen LogP contribution in [0.5, 0.6) is 0 Å². The van der Waals surface area contributed by atoms with Gasteiger partial charge in [-0.3, -0.25) is 9.59 Å². The average molecular weight is 638 g/mol. The minimum atomic E-state index is -0.999. The lowest BCUT2D eigenvalue weighted by molar-refractivity contribution is -0.149. The van der Waals surface area contributed by atoms with E-state index in [1.54, 1.807) is 0 Å². The Balaban J connectivity index is 1.33. The third kappa shape index (κ3) is 7.61. The third-order valence-electron chi connectivity index (χ3n) is 8.65. The second-order valence-electron chi connectivity index (χ2n) is 14.3. The van der Waals surface area contributed by atoms with E-state index >= 15 is 0 Å². The highest BCUT2D eigenvalue weighted by atomic mass is 32.1. The van der Waals surface area contributed by atoms with Gasteiger partial charge in [0.1, 0.15) is 6.04 Å². The summed E-state index contributed by atoms with van der Waals surface area (Å²) in [5.74, 6) is -1.44. The number of carbonyl (C=O) groups excluding carboxylic acids is 2. The lowest BCUT2D eigenvalue weighted by Crippen LogP contribution is -2.44. The van der Waals surface area contributed by atoms with Crippen molar-refractivity contribution in [3.8, 4) is 22.5 Å². The van der Waals surface area contributed by atoms with Crippen molar-refractivity contribution in [2.75, 3.05) is 6.54 Å². The Kier molecular flexibility index (Phi) is 9.59. The van der Waals surface area contributed by atoms with Crippen LogP contribution in [0.15, 0.2) is 73.1 Å². The summed E-state index contributed by atoms with van der Waals surface area (Å²) >= 11 is 1.46. The number of aromatic nitrogens is 2. The fourth-order valence-electron chi connectivity index (χ4n) is 5.85. The first-order valence-electron chi connectivity index (χ1n) is 15.9. The highest BCUT2D eigenvalue weighted by Gasteiger charge is 2.38. The second-order valence-corrected chi connectivity index (χ2v) is 15.4. The van der Waals surface area contributed by atoms with Gasteiger partial charge in [-0.1, -0.05) is 90.1 Å². The number of carboxylic acid groups (broad SMARTS) is 1. The van der Waals surface area contributed by atoms with E-state index in [0.717, 1.165) is 27.1 Å². The van der Waals surface area contributed by atoms with Crippen LogP contribution in [-0.2, 0) is 26.8 Å². The Morgan fingerprint density at radius 3 is 2.04 bits per heavy atom. The summed E-state index contributed by atoms with van der Waals surface area (Å²) in [6.07, 6.45) is 5.07. The zero-order valence-corrected chi connectivity index (χ0v) is 28.4. The van der Waals surface area contributed by atoms with Gasteiger partial charge >= 0.3 is 5.97 Å². The zero-order chi connectivity index (χ0) is 33.2. The number of thiophene rings is 1. The molecule has 0 radical (unpaired) electrons. The summed E-state index contributed by atoms with van der Waals surface area (Å²) in [7, 11) is 0. The molecule has 1 N–H and O–H groups in total. The van der Waals surface area contributed by atoms with Gasteiger partial charge in [0.2, 0.25) is 5.91 Å². The summed E-state index contributed by atoms with van der Waals surface area (Å²) in [4.78, 5) is 51.6. The number of rotatable bonds is 9. The van der Waals surface area contributed by atoms with Gasteiger partial charge < -0.3 is 10.0 Å². The van der Waals surface area contributed by atoms with Crippen LogP contribution in [0.25, 0.3) is 22.5 Å². The third-order valence-corrected chi connectivity index (χ3v) is 10.2.